The summed E-state index contributed by atoms with van der Waals surface area (Å²) in [5.41, 5.74) is 0. The van der Waals surface area contributed by atoms with E-state index >= 15 is 0 Å². The molecule has 1 saturated heterocycles. The standard InChI is InChI=1S/C65H129NO11S/c1-3-5-7-9-11-13-15-17-19-21-23-25-26-27-28-29-30-31-32-33-35-37-39-41-43-45-47-49-51-53-55-61(69)66-58(57-75-65-63(71)64(77-78(72,73)74)62(70)60(56-67)76-65)59(68)54-52-50-48-46-44-42-40-38-36-34-24-22-20-18-16-14-12-10-8-6-4-2/h58-60,62-65,67-68,70-71H,3-57H2,1-2H3,(H,66,69)(H,72,73,74). The van der Waals surface area contributed by atoms with Gasteiger partial charge >= 0.3 is 10.4 Å². The van der Waals surface area contributed by atoms with Gasteiger partial charge in [0.1, 0.15) is 24.4 Å². The molecular formula is C65H129NO11S. The van der Waals surface area contributed by atoms with E-state index in [-0.39, 0.29) is 12.5 Å². The van der Waals surface area contributed by atoms with Gasteiger partial charge in [-0.25, -0.2) is 4.18 Å². The van der Waals surface area contributed by atoms with Gasteiger partial charge in [0.2, 0.25) is 5.91 Å². The quantitative estimate of drug-likeness (QED) is 0.0251. The minimum Gasteiger partial charge on any atom is -0.394 e. The predicted molar refractivity (Wildman–Crippen MR) is 324 cm³/mol. The summed E-state index contributed by atoms with van der Waals surface area (Å²) in [7, 11) is -5.08. The van der Waals surface area contributed by atoms with Crippen molar-refractivity contribution in [3.8, 4) is 0 Å². The van der Waals surface area contributed by atoms with E-state index in [1.807, 2.05) is 0 Å². The maximum absolute atomic E-state index is 13.2. The molecule has 12 nitrogen and oxygen atoms in total. The molecule has 0 radical (unpaired) electrons. The largest absolute Gasteiger partial charge is 0.397 e. The molecule has 1 aliphatic rings. The molecule has 0 spiro atoms. The third kappa shape index (κ3) is 46.6. The molecule has 1 heterocycles. The van der Waals surface area contributed by atoms with E-state index in [4.69, 9.17) is 9.47 Å². The molecular weight excluding hydrogens is 1000 g/mol. The minimum absolute atomic E-state index is 0.219. The molecule has 13 heteroatoms. The number of carbonyl (C=O) groups is 1. The molecule has 0 bridgehead atoms. The first-order valence-corrected chi connectivity index (χ1v) is 35.3. The number of ether oxygens (including phenoxy) is 2. The molecule has 0 saturated carbocycles. The Bertz CT molecular complexity index is 1380. The van der Waals surface area contributed by atoms with E-state index in [1.54, 1.807) is 0 Å². The van der Waals surface area contributed by atoms with Crippen LogP contribution in [0.4, 0.5) is 0 Å². The molecule has 0 aliphatic carbocycles. The second-order valence-corrected chi connectivity index (χ2v) is 25.2. The number of carbonyl (C=O) groups excluding carboxylic acids is 1. The summed E-state index contributed by atoms with van der Waals surface area (Å²) in [6.07, 6.45) is 58.5. The van der Waals surface area contributed by atoms with Gasteiger partial charge in [0.05, 0.1) is 25.4 Å². The van der Waals surface area contributed by atoms with Crippen LogP contribution in [0.15, 0.2) is 0 Å². The van der Waals surface area contributed by atoms with E-state index in [2.05, 4.69) is 23.3 Å². The molecule has 1 fully saturated rings. The number of rotatable bonds is 61. The first-order chi connectivity index (χ1) is 38.0. The minimum atomic E-state index is -5.08. The van der Waals surface area contributed by atoms with Crippen molar-refractivity contribution >= 4 is 16.3 Å². The monoisotopic (exact) mass is 1130 g/mol. The number of amides is 1. The van der Waals surface area contributed by atoms with E-state index in [1.165, 1.54) is 276 Å². The van der Waals surface area contributed by atoms with Gasteiger partial charge in [-0.3, -0.25) is 9.35 Å². The highest BCUT2D eigenvalue weighted by Crippen LogP contribution is 2.27. The Morgan fingerprint density at radius 2 is 0.744 bits per heavy atom. The predicted octanol–water partition coefficient (Wildman–Crippen LogP) is 17.2. The van der Waals surface area contributed by atoms with Crippen LogP contribution in [0, 0.1) is 0 Å². The van der Waals surface area contributed by atoms with Gasteiger partial charge in [0, 0.05) is 6.42 Å². The Morgan fingerprint density at radius 3 is 1.03 bits per heavy atom. The summed E-state index contributed by atoms with van der Waals surface area (Å²) in [5.74, 6) is -0.219. The highest BCUT2D eigenvalue weighted by Gasteiger charge is 2.48. The lowest BCUT2D eigenvalue weighted by Crippen LogP contribution is -2.61. The van der Waals surface area contributed by atoms with Crippen LogP contribution in [0.25, 0.3) is 0 Å². The van der Waals surface area contributed by atoms with Crippen molar-refractivity contribution in [2.45, 2.75) is 397 Å². The molecule has 466 valence electrons. The normalized spacial score (nSPS) is 18.7. The maximum atomic E-state index is 13.2. The molecule has 0 aromatic rings. The van der Waals surface area contributed by atoms with Crippen LogP contribution < -0.4 is 5.32 Å². The third-order valence-corrected chi connectivity index (χ3v) is 17.1. The number of aliphatic hydroxyl groups excluding tert-OH is 4. The second-order valence-electron chi connectivity index (χ2n) is 24.1. The van der Waals surface area contributed by atoms with Crippen LogP contribution >= 0.6 is 0 Å². The van der Waals surface area contributed by atoms with Crippen molar-refractivity contribution in [3.63, 3.8) is 0 Å². The maximum Gasteiger partial charge on any atom is 0.397 e. The summed E-state index contributed by atoms with van der Waals surface area (Å²) < 4.78 is 48.1. The van der Waals surface area contributed by atoms with Gasteiger partial charge in [0.15, 0.2) is 6.29 Å². The van der Waals surface area contributed by atoms with Crippen LogP contribution in [-0.2, 0) is 28.9 Å². The Balaban J connectivity index is 2.23. The SMILES string of the molecule is CCCCCCCCCCCCCCCCCCCCCCCCCCCCCCCCC(=O)NC(COC1OC(CO)C(O)C(OS(=O)(=O)O)C1O)C(O)CCCCCCCCCCCCCCCCCCCCCCC. The fraction of sp³-hybridized carbons (Fsp3) is 0.985. The Hall–Kier alpha value is -0.900. The lowest BCUT2D eigenvalue weighted by molar-refractivity contribution is -0.298. The van der Waals surface area contributed by atoms with Crippen molar-refractivity contribution in [1.82, 2.24) is 5.32 Å². The zero-order valence-electron chi connectivity index (χ0n) is 51.0. The highest BCUT2D eigenvalue weighted by molar-refractivity contribution is 7.80. The Labute approximate surface area is 481 Å². The van der Waals surface area contributed by atoms with Gasteiger partial charge in [-0.1, -0.05) is 335 Å². The van der Waals surface area contributed by atoms with Crippen LogP contribution in [0.1, 0.15) is 354 Å². The molecule has 7 unspecified atom stereocenters. The fourth-order valence-corrected chi connectivity index (χ4v) is 12.0. The highest BCUT2D eigenvalue weighted by atomic mass is 32.3. The van der Waals surface area contributed by atoms with Gasteiger partial charge in [0.25, 0.3) is 0 Å². The zero-order valence-corrected chi connectivity index (χ0v) is 51.8. The molecule has 0 aromatic heterocycles. The summed E-state index contributed by atoms with van der Waals surface area (Å²) in [5, 5.41) is 45.3. The average molecular weight is 1130 g/mol. The van der Waals surface area contributed by atoms with Crippen LogP contribution in [0.5, 0.6) is 0 Å². The number of hydrogen-bond donors (Lipinski definition) is 6. The molecule has 1 amide bonds. The van der Waals surface area contributed by atoms with Gasteiger partial charge in [-0.05, 0) is 12.8 Å². The first-order valence-electron chi connectivity index (χ1n) is 33.9. The van der Waals surface area contributed by atoms with Crippen molar-refractivity contribution in [1.29, 1.82) is 0 Å². The summed E-state index contributed by atoms with van der Waals surface area (Å²) in [4.78, 5) is 13.2. The van der Waals surface area contributed by atoms with E-state index in [0.717, 1.165) is 51.4 Å². The zero-order chi connectivity index (χ0) is 56.8. The molecule has 1 rings (SSSR count). The first kappa shape index (κ1) is 75.1. The van der Waals surface area contributed by atoms with Gasteiger partial charge < -0.3 is 35.2 Å². The fourth-order valence-electron chi connectivity index (χ4n) is 11.5. The molecule has 1 aliphatic heterocycles. The van der Waals surface area contributed by atoms with Crippen molar-refractivity contribution in [2.75, 3.05) is 13.2 Å². The summed E-state index contributed by atoms with van der Waals surface area (Å²) in [6, 6.07) is -0.854. The Kier molecular flexibility index (Phi) is 53.3. The van der Waals surface area contributed by atoms with E-state index in [9.17, 15) is 38.2 Å². The summed E-state index contributed by atoms with van der Waals surface area (Å²) >= 11 is 0. The van der Waals surface area contributed by atoms with Crippen LogP contribution in [0.2, 0.25) is 0 Å². The second kappa shape index (κ2) is 55.3. The number of hydrogen-bond acceptors (Lipinski definition) is 10. The molecule has 0 aromatic carbocycles. The summed E-state index contributed by atoms with van der Waals surface area (Å²) in [6.45, 7) is 3.53. The van der Waals surface area contributed by atoms with Gasteiger partial charge in [-0.2, -0.15) is 8.42 Å². The number of nitrogens with one attached hydrogen (secondary N) is 1. The topological polar surface area (TPSA) is 192 Å². The van der Waals surface area contributed by atoms with Crippen molar-refractivity contribution in [3.05, 3.63) is 0 Å². The van der Waals surface area contributed by atoms with Gasteiger partial charge in [-0.15, -0.1) is 0 Å². The lowest BCUT2D eigenvalue weighted by atomic mass is 9.99. The van der Waals surface area contributed by atoms with E-state index < -0.39 is 59.9 Å². The lowest BCUT2D eigenvalue weighted by Gasteiger charge is -2.41. The molecule has 7 atom stereocenters. The smallest absolute Gasteiger partial charge is 0.394 e. The van der Waals surface area contributed by atoms with Crippen molar-refractivity contribution in [2.24, 2.45) is 0 Å². The molecule has 78 heavy (non-hydrogen) atoms. The van der Waals surface area contributed by atoms with E-state index in [0.29, 0.717) is 12.8 Å². The average Bonchev–Trinajstić information content (AvgIpc) is 3.45. The number of unbranched alkanes of at least 4 members (excludes halogenated alkanes) is 49. The Morgan fingerprint density at radius 1 is 0.462 bits per heavy atom. The van der Waals surface area contributed by atoms with Crippen molar-refractivity contribution < 1.29 is 51.8 Å². The van der Waals surface area contributed by atoms with Crippen LogP contribution in [0.3, 0.4) is 0 Å². The molecule has 6 N–H and O–H groups in total. The van der Waals surface area contributed by atoms with Crippen LogP contribution in [-0.4, -0.2) is 95.4 Å². The number of aliphatic hydroxyl groups is 4. The third-order valence-electron chi connectivity index (χ3n) is 16.7.